The minimum Gasteiger partial charge on any atom is -0.380 e. The number of methoxy groups -OCH3 is 1. The molecule has 2 aromatic rings. The van der Waals surface area contributed by atoms with Crippen LogP contribution in [0.4, 0.5) is 0 Å². The van der Waals surface area contributed by atoms with Gasteiger partial charge in [-0.15, -0.1) is 11.3 Å². The van der Waals surface area contributed by atoms with Gasteiger partial charge in [-0.2, -0.15) is 0 Å². The zero-order valence-corrected chi connectivity index (χ0v) is 12.6. The van der Waals surface area contributed by atoms with Gasteiger partial charge in [-0.1, -0.05) is 24.3 Å². The Labute approximate surface area is 119 Å². The summed E-state index contributed by atoms with van der Waals surface area (Å²) in [6, 6.07) is 11.1. The summed E-state index contributed by atoms with van der Waals surface area (Å²) in [6.45, 7) is 5.95. The Kier molecular flexibility index (Phi) is 5.14. The number of nitrogens with one attached hydrogen (secondary N) is 1. The van der Waals surface area contributed by atoms with Crippen molar-refractivity contribution in [1.29, 1.82) is 0 Å². The Morgan fingerprint density at radius 1 is 1.26 bits per heavy atom. The Morgan fingerprint density at radius 3 is 2.74 bits per heavy atom. The first kappa shape index (κ1) is 14.3. The van der Waals surface area contributed by atoms with Gasteiger partial charge in [-0.25, -0.2) is 0 Å². The smallest absolute Gasteiger partial charge is 0.0713 e. The molecule has 3 heteroatoms. The molecule has 1 heterocycles. The van der Waals surface area contributed by atoms with Crippen LogP contribution in [0.15, 0.2) is 35.7 Å². The topological polar surface area (TPSA) is 21.3 Å². The van der Waals surface area contributed by atoms with Crippen molar-refractivity contribution in [2.45, 2.75) is 33.0 Å². The second-order valence-corrected chi connectivity index (χ2v) is 5.77. The van der Waals surface area contributed by atoms with Crippen molar-refractivity contribution in [3.63, 3.8) is 0 Å². The highest BCUT2D eigenvalue weighted by Gasteiger charge is 2.09. The maximum Gasteiger partial charge on any atom is 0.0713 e. The van der Waals surface area contributed by atoms with Gasteiger partial charge in [-0.05, 0) is 42.0 Å². The van der Waals surface area contributed by atoms with E-state index in [0.717, 1.165) is 6.54 Å². The average Bonchev–Trinajstić information content (AvgIpc) is 2.83. The summed E-state index contributed by atoms with van der Waals surface area (Å²) < 4.78 is 5.16. The summed E-state index contributed by atoms with van der Waals surface area (Å²) in [5, 5.41) is 5.74. The fourth-order valence-corrected chi connectivity index (χ4v) is 3.15. The molecule has 102 valence electrons. The largest absolute Gasteiger partial charge is 0.380 e. The lowest BCUT2D eigenvalue weighted by Crippen LogP contribution is -2.17. The van der Waals surface area contributed by atoms with Crippen LogP contribution in [0, 0.1) is 6.92 Å². The van der Waals surface area contributed by atoms with Crippen molar-refractivity contribution < 1.29 is 4.74 Å². The maximum absolute atomic E-state index is 5.16. The monoisotopic (exact) mass is 275 g/mol. The lowest BCUT2D eigenvalue weighted by atomic mass is 10.1. The SMILES string of the molecule is COCc1cccc(CNC(C)c2sccc2C)c1. The lowest BCUT2D eigenvalue weighted by Gasteiger charge is -2.14. The maximum atomic E-state index is 5.16. The number of ether oxygens (including phenoxy) is 1. The number of hydrogen-bond acceptors (Lipinski definition) is 3. The van der Waals surface area contributed by atoms with Crippen molar-refractivity contribution in [1.82, 2.24) is 5.32 Å². The van der Waals surface area contributed by atoms with Crippen LogP contribution in [0.5, 0.6) is 0 Å². The van der Waals surface area contributed by atoms with Gasteiger partial charge >= 0.3 is 0 Å². The first-order valence-electron chi connectivity index (χ1n) is 6.55. The predicted molar refractivity (Wildman–Crippen MR) is 81.5 cm³/mol. The summed E-state index contributed by atoms with van der Waals surface area (Å²) in [5.41, 5.74) is 3.90. The van der Waals surface area contributed by atoms with Crippen molar-refractivity contribution in [2.75, 3.05) is 7.11 Å². The van der Waals surface area contributed by atoms with E-state index in [2.05, 4.69) is 54.9 Å². The van der Waals surface area contributed by atoms with Crippen LogP contribution < -0.4 is 5.32 Å². The van der Waals surface area contributed by atoms with Crippen LogP contribution >= 0.6 is 11.3 Å². The molecule has 0 spiro atoms. The Balaban J connectivity index is 1.95. The Bertz CT molecular complexity index is 521. The van der Waals surface area contributed by atoms with Gasteiger partial charge in [-0.3, -0.25) is 0 Å². The van der Waals surface area contributed by atoms with Crippen molar-refractivity contribution in [3.8, 4) is 0 Å². The van der Waals surface area contributed by atoms with Gasteiger partial charge in [0.1, 0.15) is 0 Å². The molecular formula is C16H21NOS. The highest BCUT2D eigenvalue weighted by molar-refractivity contribution is 7.10. The van der Waals surface area contributed by atoms with E-state index in [1.165, 1.54) is 21.6 Å². The van der Waals surface area contributed by atoms with Gasteiger partial charge in [0.2, 0.25) is 0 Å². The molecule has 0 bridgehead atoms. The summed E-state index contributed by atoms with van der Waals surface area (Å²) >= 11 is 1.82. The Morgan fingerprint density at radius 2 is 2.05 bits per heavy atom. The van der Waals surface area contributed by atoms with Gasteiger partial charge in [0.05, 0.1) is 6.61 Å². The number of benzene rings is 1. The predicted octanol–water partition coefficient (Wildman–Crippen LogP) is 4.05. The molecule has 2 nitrogen and oxygen atoms in total. The second kappa shape index (κ2) is 6.85. The zero-order chi connectivity index (χ0) is 13.7. The third-order valence-electron chi connectivity index (χ3n) is 3.21. The minimum absolute atomic E-state index is 0.395. The quantitative estimate of drug-likeness (QED) is 0.858. The van der Waals surface area contributed by atoms with Gasteiger partial charge in [0, 0.05) is 24.6 Å². The molecule has 0 saturated heterocycles. The molecule has 1 N–H and O–H groups in total. The van der Waals surface area contributed by atoms with Crippen LogP contribution in [-0.4, -0.2) is 7.11 Å². The summed E-state index contributed by atoms with van der Waals surface area (Å²) in [6.07, 6.45) is 0. The van der Waals surface area contributed by atoms with E-state index in [-0.39, 0.29) is 0 Å². The van der Waals surface area contributed by atoms with E-state index in [9.17, 15) is 0 Å². The van der Waals surface area contributed by atoms with Crippen LogP contribution in [0.25, 0.3) is 0 Å². The normalized spacial score (nSPS) is 12.6. The fraction of sp³-hybridized carbons (Fsp3) is 0.375. The molecular weight excluding hydrogens is 254 g/mol. The molecule has 0 aliphatic rings. The third kappa shape index (κ3) is 3.90. The molecule has 1 unspecified atom stereocenters. The number of rotatable bonds is 6. The molecule has 1 atom stereocenters. The molecule has 1 aromatic carbocycles. The molecule has 0 amide bonds. The van der Waals surface area contributed by atoms with Gasteiger partial charge < -0.3 is 10.1 Å². The number of thiophene rings is 1. The molecule has 2 rings (SSSR count). The summed E-state index contributed by atoms with van der Waals surface area (Å²) in [7, 11) is 1.73. The van der Waals surface area contributed by atoms with Crippen molar-refractivity contribution in [2.24, 2.45) is 0 Å². The molecule has 0 aliphatic heterocycles. The minimum atomic E-state index is 0.395. The van der Waals surface area contributed by atoms with Crippen LogP contribution in [0.3, 0.4) is 0 Å². The molecule has 0 aliphatic carbocycles. The highest BCUT2D eigenvalue weighted by atomic mass is 32.1. The molecule has 0 saturated carbocycles. The third-order valence-corrected chi connectivity index (χ3v) is 4.41. The van der Waals surface area contributed by atoms with Crippen LogP contribution in [0.2, 0.25) is 0 Å². The standard InChI is InChI=1S/C16H21NOS/c1-12-7-8-19-16(12)13(2)17-10-14-5-4-6-15(9-14)11-18-3/h4-9,13,17H,10-11H2,1-3H3. The first-order chi connectivity index (χ1) is 9.20. The van der Waals surface area contributed by atoms with Crippen LogP contribution in [0.1, 0.15) is 34.5 Å². The summed E-state index contributed by atoms with van der Waals surface area (Å²) in [5.74, 6) is 0. The van der Waals surface area contributed by atoms with Crippen molar-refractivity contribution in [3.05, 3.63) is 57.3 Å². The highest BCUT2D eigenvalue weighted by Crippen LogP contribution is 2.23. The second-order valence-electron chi connectivity index (χ2n) is 4.82. The van der Waals surface area contributed by atoms with E-state index in [0.29, 0.717) is 12.6 Å². The summed E-state index contributed by atoms with van der Waals surface area (Å²) in [4.78, 5) is 1.42. The van der Waals surface area contributed by atoms with E-state index in [4.69, 9.17) is 4.74 Å². The number of hydrogen-bond donors (Lipinski definition) is 1. The van der Waals surface area contributed by atoms with E-state index < -0.39 is 0 Å². The molecule has 0 radical (unpaired) electrons. The Hall–Kier alpha value is -1.16. The number of aryl methyl sites for hydroxylation is 1. The van der Waals surface area contributed by atoms with Gasteiger partial charge in [0.15, 0.2) is 0 Å². The van der Waals surface area contributed by atoms with E-state index in [1.807, 2.05) is 11.3 Å². The van der Waals surface area contributed by atoms with Crippen LogP contribution in [-0.2, 0) is 17.9 Å². The van der Waals surface area contributed by atoms with Gasteiger partial charge in [0.25, 0.3) is 0 Å². The molecule has 19 heavy (non-hydrogen) atoms. The van der Waals surface area contributed by atoms with E-state index >= 15 is 0 Å². The average molecular weight is 275 g/mol. The van der Waals surface area contributed by atoms with Crippen molar-refractivity contribution >= 4 is 11.3 Å². The van der Waals surface area contributed by atoms with E-state index in [1.54, 1.807) is 7.11 Å². The molecule has 0 fully saturated rings. The fourth-order valence-electron chi connectivity index (χ4n) is 2.19. The first-order valence-corrected chi connectivity index (χ1v) is 7.43. The lowest BCUT2D eigenvalue weighted by molar-refractivity contribution is 0.185. The molecule has 1 aromatic heterocycles. The zero-order valence-electron chi connectivity index (χ0n) is 11.8.